The molecule has 0 saturated heterocycles. The zero-order valence-corrected chi connectivity index (χ0v) is 36.7. The van der Waals surface area contributed by atoms with Crippen LogP contribution in [0.15, 0.2) is 72.8 Å². The maximum Gasteiger partial charge on any atom is 4.00 e. The van der Waals surface area contributed by atoms with Gasteiger partial charge >= 0.3 is 25.8 Å². The number of hydrogen-bond acceptors (Lipinski definition) is 0. The van der Waals surface area contributed by atoms with Crippen LogP contribution in [0, 0.1) is 70.2 Å². The fourth-order valence-corrected chi connectivity index (χ4v) is 14.7. The van der Waals surface area contributed by atoms with Gasteiger partial charge < -0.3 is 14.9 Å². The molecule has 0 N–H and O–H groups in total. The van der Waals surface area contributed by atoms with Crippen LogP contribution in [-0.4, -0.2) is 8.07 Å². The number of benzene rings is 4. The van der Waals surface area contributed by atoms with Gasteiger partial charge in [-0.2, -0.15) is 12.1 Å². The van der Waals surface area contributed by atoms with Gasteiger partial charge in [-0.15, -0.1) is 68.3 Å². The van der Waals surface area contributed by atoms with Crippen molar-refractivity contribution in [2.75, 3.05) is 0 Å². The smallest absolute Gasteiger partial charge is 0.358 e. The van der Waals surface area contributed by atoms with Crippen molar-refractivity contribution in [1.29, 1.82) is 0 Å². The summed E-state index contributed by atoms with van der Waals surface area (Å²) in [6.45, 7) is 28.2. The van der Waals surface area contributed by atoms with E-state index in [1.54, 1.807) is 10.4 Å². The summed E-state index contributed by atoms with van der Waals surface area (Å²) >= 11 is 0. The van der Waals surface area contributed by atoms with Crippen LogP contribution in [-0.2, 0) is 25.8 Å². The normalized spacial score (nSPS) is 11.6. The predicted octanol–water partition coefficient (Wildman–Crippen LogP) is 12.5. The van der Waals surface area contributed by atoms with Crippen LogP contribution >= 0.6 is 0 Å². The molecule has 2 heteroatoms. The summed E-state index contributed by atoms with van der Waals surface area (Å²) in [5.74, 6) is 0. The fourth-order valence-electron chi connectivity index (χ4n) is 8.79. The molecule has 0 aliphatic rings. The molecule has 0 bridgehead atoms. The summed E-state index contributed by atoms with van der Waals surface area (Å²) < 4.78 is 0. The molecular weight excluding hydrogens is 759 g/mol. The molecule has 0 fully saturated rings. The van der Waals surface area contributed by atoms with Crippen molar-refractivity contribution in [2.45, 2.75) is 94.2 Å². The monoisotopic (exact) mass is 816 g/mol. The standard InChI is InChI=1S/C44H50Si.2CH3.Hf/c1-25(2)45(26(3)4,37-21-35-15-13-17-39(41(35)23-37)43-31(9)27(5)19-28(6)32(43)10)38-22-36-16-14-18-40(42(36)24-38)44-33(11)29(7)20-30(8)34(44)12;;;/h13-26H,1-12H3;2*1H3;/q-2;2*-1;+4. The third-order valence-corrected chi connectivity index (χ3v) is 17.7. The zero-order chi connectivity index (χ0) is 32.5. The molecule has 6 rings (SSSR count). The molecule has 0 spiro atoms. The molecule has 48 heavy (non-hydrogen) atoms. The third-order valence-electron chi connectivity index (χ3n) is 11.5. The van der Waals surface area contributed by atoms with Gasteiger partial charge in [0.1, 0.15) is 0 Å². The van der Waals surface area contributed by atoms with Crippen LogP contribution in [0.25, 0.3) is 43.8 Å². The maximum absolute atomic E-state index is 2.60. The second-order valence-corrected chi connectivity index (χ2v) is 19.8. The van der Waals surface area contributed by atoms with Crippen molar-refractivity contribution in [2.24, 2.45) is 0 Å². The van der Waals surface area contributed by atoms with Crippen molar-refractivity contribution >= 4 is 40.0 Å². The Kier molecular flexibility index (Phi) is 12.0. The van der Waals surface area contributed by atoms with Crippen molar-refractivity contribution < 1.29 is 25.8 Å². The van der Waals surface area contributed by atoms with Crippen molar-refractivity contribution in [1.82, 2.24) is 0 Å². The number of rotatable bonds is 6. The van der Waals surface area contributed by atoms with E-state index in [2.05, 4.69) is 156 Å². The largest absolute Gasteiger partial charge is 4.00 e. The van der Waals surface area contributed by atoms with Crippen LogP contribution in [0.2, 0.25) is 11.1 Å². The molecule has 0 aliphatic heterocycles. The van der Waals surface area contributed by atoms with Gasteiger partial charge in [-0.3, -0.25) is 0 Å². The van der Waals surface area contributed by atoms with Crippen LogP contribution in [0.1, 0.15) is 72.2 Å². The van der Waals surface area contributed by atoms with Crippen molar-refractivity contribution in [3.63, 3.8) is 0 Å². The average molecular weight is 816 g/mol. The molecule has 0 saturated carbocycles. The quantitative estimate of drug-likeness (QED) is 0.116. The first-order chi connectivity index (χ1) is 21.3. The van der Waals surface area contributed by atoms with E-state index in [0.717, 1.165) is 0 Å². The van der Waals surface area contributed by atoms with Gasteiger partial charge in [-0.25, -0.2) is 0 Å². The van der Waals surface area contributed by atoms with Gasteiger partial charge in [0.25, 0.3) is 0 Å². The summed E-state index contributed by atoms with van der Waals surface area (Å²) in [7, 11) is -2.21. The first-order valence-corrected chi connectivity index (χ1v) is 19.0. The molecule has 6 aromatic rings. The Hall–Kier alpha value is -2.81. The average Bonchev–Trinajstić information content (AvgIpc) is 3.61. The molecular formula is C46H56HfSi. The van der Waals surface area contributed by atoms with E-state index in [-0.39, 0.29) is 40.7 Å². The van der Waals surface area contributed by atoms with Crippen LogP contribution in [0.4, 0.5) is 0 Å². The summed E-state index contributed by atoms with van der Waals surface area (Å²) in [6.07, 6.45) is 0. The minimum Gasteiger partial charge on any atom is -0.358 e. The number of aryl methyl sites for hydroxylation is 4. The maximum atomic E-state index is 2.60. The Balaban J connectivity index is 0.00000208. The molecule has 0 aliphatic carbocycles. The molecule has 0 atom stereocenters. The van der Waals surface area contributed by atoms with Crippen LogP contribution < -0.4 is 10.4 Å². The Morgan fingerprint density at radius 3 is 1.08 bits per heavy atom. The van der Waals surface area contributed by atoms with Gasteiger partial charge in [0.15, 0.2) is 0 Å². The van der Waals surface area contributed by atoms with Crippen LogP contribution in [0.3, 0.4) is 0 Å². The van der Waals surface area contributed by atoms with E-state index in [4.69, 9.17) is 0 Å². The van der Waals surface area contributed by atoms with E-state index in [9.17, 15) is 0 Å². The van der Waals surface area contributed by atoms with E-state index < -0.39 is 8.07 Å². The Labute approximate surface area is 312 Å². The first-order valence-electron chi connectivity index (χ1n) is 16.8. The molecule has 6 aromatic carbocycles. The number of fused-ring (bicyclic) bond motifs is 2. The summed E-state index contributed by atoms with van der Waals surface area (Å²) in [5, 5.41) is 8.70. The third kappa shape index (κ3) is 6.00. The van der Waals surface area contributed by atoms with Crippen molar-refractivity contribution in [3.05, 3.63) is 132 Å². The Morgan fingerprint density at radius 2 is 0.792 bits per heavy atom. The topological polar surface area (TPSA) is 0 Å². The van der Waals surface area contributed by atoms with Crippen molar-refractivity contribution in [3.8, 4) is 22.3 Å². The molecule has 248 valence electrons. The SMILES string of the molecule is Cc1cc(C)c(C)c(-c2cccc3[cH-]c([Si](c4cc5c(-c6c(C)c(C)cc(C)c6C)cccc5[cH-]4)(C(C)C)C(C)C)cc23)c1C.[CH3-].[CH3-].[Hf+4]. The second-order valence-electron chi connectivity index (χ2n) is 14.6. The first kappa shape index (κ1) is 39.6. The van der Waals surface area contributed by atoms with Crippen LogP contribution in [0.5, 0.6) is 0 Å². The van der Waals surface area contributed by atoms with Gasteiger partial charge in [0.05, 0.1) is 8.07 Å². The van der Waals surface area contributed by atoms with E-state index in [0.29, 0.717) is 11.1 Å². The van der Waals surface area contributed by atoms with Gasteiger partial charge in [-0.05, 0) is 122 Å². The molecule has 0 radical (unpaired) electrons. The minimum absolute atomic E-state index is 0. The van der Waals surface area contributed by atoms with Gasteiger partial charge in [0.2, 0.25) is 0 Å². The predicted molar refractivity (Wildman–Crippen MR) is 216 cm³/mol. The zero-order valence-electron chi connectivity index (χ0n) is 32.1. The molecule has 0 nitrogen and oxygen atoms in total. The van der Waals surface area contributed by atoms with Gasteiger partial charge in [0, 0.05) is 0 Å². The summed E-state index contributed by atoms with van der Waals surface area (Å²) in [6, 6.07) is 28.9. The fraction of sp³-hybridized carbons (Fsp3) is 0.304. The Morgan fingerprint density at radius 1 is 0.479 bits per heavy atom. The summed E-state index contributed by atoms with van der Waals surface area (Å²) in [5.41, 5.74) is 17.8. The number of hydrogen-bond donors (Lipinski definition) is 0. The second kappa shape index (κ2) is 14.6. The van der Waals surface area contributed by atoms with E-state index in [1.165, 1.54) is 88.3 Å². The van der Waals surface area contributed by atoms with E-state index in [1.807, 2.05) is 0 Å². The molecule has 0 aromatic heterocycles. The van der Waals surface area contributed by atoms with Gasteiger partial charge in [-0.1, -0.05) is 63.1 Å². The Bertz CT molecular complexity index is 1890. The minimum atomic E-state index is -2.21. The molecule has 0 heterocycles. The molecule has 0 amide bonds. The summed E-state index contributed by atoms with van der Waals surface area (Å²) in [4.78, 5) is 0. The van der Waals surface area contributed by atoms with E-state index >= 15 is 0 Å². The molecule has 0 unspecified atom stereocenters.